The summed E-state index contributed by atoms with van der Waals surface area (Å²) in [6.45, 7) is 9.20. The first-order chi connectivity index (χ1) is 9.06. The Morgan fingerprint density at radius 1 is 1.53 bits per heavy atom. The molecular formula is C14H23N3OS. The van der Waals surface area contributed by atoms with Crippen LogP contribution in [0, 0.1) is 5.92 Å². The van der Waals surface area contributed by atoms with E-state index in [0.29, 0.717) is 29.3 Å². The van der Waals surface area contributed by atoms with Crippen molar-refractivity contribution in [1.82, 2.24) is 4.98 Å². The highest BCUT2D eigenvalue weighted by atomic mass is 32.2. The number of rotatable bonds is 4. The van der Waals surface area contributed by atoms with Gasteiger partial charge in [0.2, 0.25) is 5.88 Å². The number of thioether (sulfide) groups is 1. The predicted molar refractivity (Wildman–Crippen MR) is 83.1 cm³/mol. The number of hydrogen-bond donors (Lipinski definition) is 1. The summed E-state index contributed by atoms with van der Waals surface area (Å²) in [6.07, 6.45) is 0. The third-order valence-corrected chi connectivity index (χ3v) is 4.13. The quantitative estimate of drug-likeness (QED) is 0.919. The molecule has 2 N–H and O–H groups in total. The van der Waals surface area contributed by atoms with Crippen molar-refractivity contribution in [3.05, 3.63) is 12.1 Å². The minimum atomic E-state index is 0.469. The lowest BCUT2D eigenvalue weighted by Crippen LogP contribution is -2.37. The highest BCUT2D eigenvalue weighted by Gasteiger charge is 2.19. The van der Waals surface area contributed by atoms with Crippen molar-refractivity contribution in [2.24, 2.45) is 5.92 Å². The molecule has 0 radical (unpaired) electrons. The van der Waals surface area contributed by atoms with Crippen molar-refractivity contribution < 1.29 is 4.74 Å². The van der Waals surface area contributed by atoms with Gasteiger partial charge in [-0.3, -0.25) is 0 Å². The van der Waals surface area contributed by atoms with Crippen molar-refractivity contribution in [2.75, 3.05) is 36.1 Å². The largest absolute Gasteiger partial charge is 0.476 e. The third kappa shape index (κ3) is 3.93. The first kappa shape index (κ1) is 14.3. The zero-order valence-electron chi connectivity index (χ0n) is 11.9. The van der Waals surface area contributed by atoms with Gasteiger partial charge in [-0.2, -0.15) is 16.7 Å². The maximum Gasteiger partial charge on any atom is 0.239 e. The van der Waals surface area contributed by atoms with Crippen molar-refractivity contribution in [2.45, 2.75) is 26.0 Å². The van der Waals surface area contributed by atoms with Crippen LogP contribution in [0.4, 0.5) is 11.5 Å². The molecule has 0 aliphatic carbocycles. The Bertz CT molecular complexity index is 425. The van der Waals surface area contributed by atoms with Crippen LogP contribution in [0.1, 0.15) is 20.8 Å². The van der Waals surface area contributed by atoms with Gasteiger partial charge in [0.1, 0.15) is 5.82 Å². The van der Waals surface area contributed by atoms with Gasteiger partial charge < -0.3 is 15.4 Å². The van der Waals surface area contributed by atoms with E-state index >= 15 is 0 Å². The van der Waals surface area contributed by atoms with Crippen molar-refractivity contribution in [1.29, 1.82) is 0 Å². The molecule has 0 spiro atoms. The Hall–Kier alpha value is -1.10. The van der Waals surface area contributed by atoms with Crippen molar-refractivity contribution >= 4 is 23.3 Å². The summed E-state index contributed by atoms with van der Waals surface area (Å²) in [4.78, 5) is 6.88. The maximum absolute atomic E-state index is 5.92. The summed E-state index contributed by atoms with van der Waals surface area (Å²) in [6, 6.07) is 3.88. The minimum Gasteiger partial charge on any atom is -0.476 e. The number of ether oxygens (including phenoxy) is 1. The van der Waals surface area contributed by atoms with E-state index in [1.807, 2.05) is 23.9 Å². The minimum absolute atomic E-state index is 0.469. The van der Waals surface area contributed by atoms with Crippen LogP contribution < -0.4 is 15.4 Å². The fourth-order valence-electron chi connectivity index (χ4n) is 2.01. The standard InChI is InChI=1S/C14H23N3OS/c1-10(2)9-18-14-12(15)4-5-13(16-14)17-6-7-19-11(3)8-17/h4-5,10-11H,6-9,15H2,1-3H3. The Kier molecular flexibility index (Phi) is 4.80. The molecule has 1 unspecified atom stereocenters. The molecule has 1 aliphatic rings. The SMILES string of the molecule is CC(C)COc1nc(N2CCSC(C)C2)ccc1N. The molecule has 1 saturated heterocycles. The average Bonchev–Trinajstić information content (AvgIpc) is 2.37. The molecule has 1 fully saturated rings. The molecule has 1 atom stereocenters. The summed E-state index contributed by atoms with van der Waals surface area (Å²) < 4.78 is 5.69. The lowest BCUT2D eigenvalue weighted by Gasteiger charge is -2.31. The van der Waals surface area contributed by atoms with Crippen LogP contribution in [0.3, 0.4) is 0 Å². The topological polar surface area (TPSA) is 51.4 Å². The number of aromatic nitrogens is 1. The normalized spacial score (nSPS) is 19.8. The van der Waals surface area contributed by atoms with Gasteiger partial charge in [-0.1, -0.05) is 20.8 Å². The fourth-order valence-corrected chi connectivity index (χ4v) is 3.02. The van der Waals surface area contributed by atoms with Crippen LogP contribution in [0.2, 0.25) is 0 Å². The van der Waals surface area contributed by atoms with Crippen molar-refractivity contribution in [3.63, 3.8) is 0 Å². The van der Waals surface area contributed by atoms with Crippen LogP contribution >= 0.6 is 11.8 Å². The first-order valence-corrected chi connectivity index (χ1v) is 7.87. The zero-order chi connectivity index (χ0) is 13.8. The fraction of sp³-hybridized carbons (Fsp3) is 0.643. The van der Waals surface area contributed by atoms with Gasteiger partial charge >= 0.3 is 0 Å². The monoisotopic (exact) mass is 281 g/mol. The second-order valence-corrected chi connectivity index (χ2v) is 6.94. The van der Waals surface area contributed by atoms with E-state index in [9.17, 15) is 0 Å². The summed E-state index contributed by atoms with van der Waals surface area (Å²) in [5.74, 6) is 3.16. The van der Waals surface area contributed by atoms with E-state index in [0.717, 1.165) is 24.7 Å². The smallest absolute Gasteiger partial charge is 0.239 e. The second kappa shape index (κ2) is 6.37. The number of nitrogen functional groups attached to an aromatic ring is 1. The Morgan fingerprint density at radius 3 is 3.00 bits per heavy atom. The van der Waals surface area contributed by atoms with E-state index in [2.05, 4.69) is 30.7 Å². The molecule has 0 bridgehead atoms. The summed E-state index contributed by atoms with van der Waals surface area (Å²) in [5.41, 5.74) is 6.54. The molecule has 2 heterocycles. The Morgan fingerprint density at radius 2 is 2.32 bits per heavy atom. The van der Waals surface area contributed by atoms with Crippen molar-refractivity contribution in [3.8, 4) is 5.88 Å². The zero-order valence-corrected chi connectivity index (χ0v) is 12.7. The van der Waals surface area contributed by atoms with E-state index in [1.165, 1.54) is 0 Å². The van der Waals surface area contributed by atoms with Gasteiger partial charge in [-0.25, -0.2) is 0 Å². The number of pyridine rings is 1. The van der Waals surface area contributed by atoms with E-state index in [-0.39, 0.29) is 0 Å². The van der Waals surface area contributed by atoms with Gasteiger partial charge in [-0.05, 0) is 18.1 Å². The molecule has 19 heavy (non-hydrogen) atoms. The second-order valence-electron chi connectivity index (χ2n) is 5.40. The third-order valence-electron chi connectivity index (χ3n) is 2.99. The van der Waals surface area contributed by atoms with Gasteiger partial charge in [0.15, 0.2) is 0 Å². The number of hydrogen-bond acceptors (Lipinski definition) is 5. The molecule has 0 saturated carbocycles. The Labute approximate surface area is 119 Å². The molecule has 1 aromatic heterocycles. The summed E-state index contributed by atoms with van der Waals surface area (Å²) >= 11 is 2.01. The van der Waals surface area contributed by atoms with Crippen LogP contribution in [-0.4, -0.2) is 35.7 Å². The van der Waals surface area contributed by atoms with Crippen LogP contribution in [0.25, 0.3) is 0 Å². The van der Waals surface area contributed by atoms with Crippen LogP contribution in [0.5, 0.6) is 5.88 Å². The maximum atomic E-state index is 5.92. The number of anilines is 2. The number of nitrogens with two attached hydrogens (primary N) is 1. The summed E-state index contributed by atoms with van der Waals surface area (Å²) in [7, 11) is 0. The molecule has 1 aliphatic heterocycles. The average molecular weight is 281 g/mol. The van der Waals surface area contributed by atoms with Crippen LogP contribution in [0.15, 0.2) is 12.1 Å². The van der Waals surface area contributed by atoms with E-state index < -0.39 is 0 Å². The van der Waals surface area contributed by atoms with E-state index in [1.54, 1.807) is 0 Å². The summed E-state index contributed by atoms with van der Waals surface area (Å²) in [5, 5.41) is 0.646. The molecule has 1 aromatic rings. The van der Waals surface area contributed by atoms with Gasteiger partial charge in [0.05, 0.1) is 12.3 Å². The molecule has 106 valence electrons. The van der Waals surface area contributed by atoms with Gasteiger partial charge in [0, 0.05) is 24.1 Å². The van der Waals surface area contributed by atoms with E-state index in [4.69, 9.17) is 10.5 Å². The predicted octanol–water partition coefficient (Wildman–Crippen LogP) is 2.64. The van der Waals surface area contributed by atoms with Gasteiger partial charge in [-0.15, -0.1) is 0 Å². The lowest BCUT2D eigenvalue weighted by atomic mass is 10.2. The molecular weight excluding hydrogens is 258 g/mol. The number of nitrogens with zero attached hydrogens (tertiary/aromatic N) is 2. The Balaban J connectivity index is 2.10. The highest BCUT2D eigenvalue weighted by molar-refractivity contribution is 8.00. The van der Waals surface area contributed by atoms with Gasteiger partial charge in [0.25, 0.3) is 0 Å². The molecule has 5 heteroatoms. The lowest BCUT2D eigenvalue weighted by molar-refractivity contribution is 0.263. The molecule has 4 nitrogen and oxygen atoms in total. The molecule has 0 aromatic carbocycles. The molecule has 0 amide bonds. The molecule has 2 rings (SSSR count). The van der Waals surface area contributed by atoms with Crippen LogP contribution in [-0.2, 0) is 0 Å². The highest BCUT2D eigenvalue weighted by Crippen LogP contribution is 2.27. The first-order valence-electron chi connectivity index (χ1n) is 6.82.